The molecule has 1 aromatic heterocycles. The number of allylic oxidation sites excluding steroid dienone is 2. The normalized spacial score (nSPS) is 23.8. The van der Waals surface area contributed by atoms with Crippen LogP contribution in [0.25, 0.3) is 0 Å². The van der Waals surface area contributed by atoms with Gasteiger partial charge in [0.1, 0.15) is 5.76 Å². The van der Waals surface area contributed by atoms with Crippen LogP contribution in [0.4, 0.5) is 0 Å². The van der Waals surface area contributed by atoms with E-state index in [1.54, 1.807) is 13.0 Å². The third-order valence-corrected chi connectivity index (χ3v) is 4.25. The van der Waals surface area contributed by atoms with Crippen LogP contribution in [-0.2, 0) is 20.9 Å². The van der Waals surface area contributed by atoms with Crippen molar-refractivity contribution in [3.05, 3.63) is 35.3 Å². The second kappa shape index (κ2) is 5.44. The molecule has 0 radical (unpaired) electrons. The number of aryl methyl sites for hydroxylation is 1. The van der Waals surface area contributed by atoms with Crippen LogP contribution >= 0.6 is 0 Å². The fraction of sp³-hybridized carbons (Fsp3) is 0.438. The SMILES string of the molecule is COC(=O)c1oc(CN2C(=O)[C@@H]3CC=CC[C@H]3C2=O)cc1C. The number of methoxy groups -OCH3 is 1. The van der Waals surface area contributed by atoms with Gasteiger partial charge in [0.05, 0.1) is 25.5 Å². The average molecular weight is 303 g/mol. The lowest BCUT2D eigenvalue weighted by atomic mass is 9.85. The van der Waals surface area contributed by atoms with Crippen LogP contribution in [0.15, 0.2) is 22.6 Å². The van der Waals surface area contributed by atoms with Crippen molar-refractivity contribution >= 4 is 17.8 Å². The minimum Gasteiger partial charge on any atom is -0.463 e. The van der Waals surface area contributed by atoms with Crippen molar-refractivity contribution in [3.63, 3.8) is 0 Å². The summed E-state index contributed by atoms with van der Waals surface area (Å²) in [5.41, 5.74) is 0.625. The molecule has 0 saturated carbocycles. The minimum atomic E-state index is -0.569. The third kappa shape index (κ3) is 2.24. The molecule has 1 aliphatic carbocycles. The number of carbonyl (C=O) groups is 3. The Hall–Kier alpha value is -2.37. The predicted molar refractivity (Wildman–Crippen MR) is 75.7 cm³/mol. The van der Waals surface area contributed by atoms with Crippen molar-refractivity contribution in [2.45, 2.75) is 26.3 Å². The molecule has 1 fully saturated rings. The number of fused-ring (bicyclic) bond motifs is 1. The van der Waals surface area contributed by atoms with Gasteiger partial charge < -0.3 is 9.15 Å². The summed E-state index contributed by atoms with van der Waals surface area (Å²) >= 11 is 0. The standard InChI is InChI=1S/C16H17NO5/c1-9-7-10(22-13(9)16(20)21-2)8-17-14(18)11-5-3-4-6-12(11)15(17)19/h3-4,7,11-12H,5-6,8H2,1-2H3/t11-,12-/m1/s1. The first-order chi connectivity index (χ1) is 10.5. The van der Waals surface area contributed by atoms with E-state index in [1.165, 1.54) is 12.0 Å². The Morgan fingerprint density at radius 2 is 1.86 bits per heavy atom. The Labute approximate surface area is 127 Å². The second-order valence-corrected chi connectivity index (χ2v) is 5.63. The van der Waals surface area contributed by atoms with Crippen LogP contribution in [0.3, 0.4) is 0 Å². The van der Waals surface area contributed by atoms with Crippen LogP contribution in [-0.4, -0.2) is 29.8 Å². The molecule has 0 unspecified atom stereocenters. The molecule has 1 aromatic rings. The van der Waals surface area contributed by atoms with Gasteiger partial charge >= 0.3 is 5.97 Å². The number of hydrogen-bond acceptors (Lipinski definition) is 5. The summed E-state index contributed by atoms with van der Waals surface area (Å²) in [6.07, 6.45) is 5.11. The Kier molecular flexibility index (Phi) is 3.60. The molecule has 0 spiro atoms. The highest BCUT2D eigenvalue weighted by molar-refractivity contribution is 6.05. The molecule has 1 saturated heterocycles. The summed E-state index contributed by atoms with van der Waals surface area (Å²) in [4.78, 5) is 37.5. The van der Waals surface area contributed by atoms with Gasteiger partial charge in [-0.1, -0.05) is 12.2 Å². The summed E-state index contributed by atoms with van der Waals surface area (Å²) in [6.45, 7) is 1.78. The Balaban J connectivity index is 1.80. The fourth-order valence-electron chi connectivity index (χ4n) is 3.10. The monoisotopic (exact) mass is 303 g/mol. The first-order valence-corrected chi connectivity index (χ1v) is 7.20. The summed E-state index contributed by atoms with van der Waals surface area (Å²) < 4.78 is 10.1. The van der Waals surface area contributed by atoms with E-state index < -0.39 is 5.97 Å². The average Bonchev–Trinajstić information content (AvgIpc) is 3.01. The molecule has 2 heterocycles. The topological polar surface area (TPSA) is 76.8 Å². The number of likely N-dealkylation sites (tertiary alicyclic amines) is 1. The maximum atomic E-state index is 12.4. The number of ether oxygens (including phenoxy) is 1. The number of furan rings is 1. The van der Waals surface area contributed by atoms with Gasteiger partial charge in [0, 0.05) is 5.56 Å². The molecular formula is C16H17NO5. The number of esters is 1. The molecule has 0 bridgehead atoms. The molecule has 0 aromatic carbocycles. The third-order valence-electron chi connectivity index (χ3n) is 4.25. The van der Waals surface area contributed by atoms with Gasteiger partial charge in [-0.25, -0.2) is 4.79 Å². The van der Waals surface area contributed by atoms with Crippen molar-refractivity contribution in [2.75, 3.05) is 7.11 Å². The minimum absolute atomic E-state index is 0.0580. The highest BCUT2D eigenvalue weighted by Gasteiger charge is 2.47. The first-order valence-electron chi connectivity index (χ1n) is 7.20. The highest BCUT2D eigenvalue weighted by atomic mass is 16.5. The van der Waals surface area contributed by atoms with Gasteiger partial charge in [0.25, 0.3) is 0 Å². The number of hydrogen-bond donors (Lipinski definition) is 0. The number of carbonyl (C=O) groups excluding carboxylic acids is 3. The van der Waals surface area contributed by atoms with Gasteiger partial charge in [0.15, 0.2) is 0 Å². The zero-order chi connectivity index (χ0) is 15.9. The predicted octanol–water partition coefficient (Wildman–Crippen LogP) is 1.83. The summed E-state index contributed by atoms with van der Waals surface area (Å²) in [6, 6.07) is 1.66. The first kappa shape index (κ1) is 14.6. The van der Waals surface area contributed by atoms with Gasteiger partial charge in [-0.3, -0.25) is 14.5 Å². The van der Waals surface area contributed by atoms with Crippen LogP contribution in [0.5, 0.6) is 0 Å². The lowest BCUT2D eigenvalue weighted by Gasteiger charge is -2.14. The molecule has 6 heteroatoms. The van der Waals surface area contributed by atoms with Crippen LogP contribution in [0, 0.1) is 18.8 Å². The van der Waals surface area contributed by atoms with Crippen molar-refractivity contribution in [1.29, 1.82) is 0 Å². The molecule has 1 aliphatic heterocycles. The fourth-order valence-corrected chi connectivity index (χ4v) is 3.10. The van der Waals surface area contributed by atoms with Crippen molar-refractivity contribution in [1.82, 2.24) is 4.90 Å². The van der Waals surface area contributed by atoms with Gasteiger partial charge in [-0.15, -0.1) is 0 Å². The molecule has 2 aliphatic rings. The molecule has 6 nitrogen and oxygen atoms in total. The van der Waals surface area contributed by atoms with Gasteiger partial charge in [0.2, 0.25) is 17.6 Å². The van der Waals surface area contributed by atoms with Crippen molar-refractivity contribution in [3.8, 4) is 0 Å². The van der Waals surface area contributed by atoms with E-state index in [9.17, 15) is 14.4 Å². The van der Waals surface area contributed by atoms with E-state index in [0.29, 0.717) is 24.2 Å². The van der Waals surface area contributed by atoms with Gasteiger partial charge in [-0.2, -0.15) is 0 Å². The summed E-state index contributed by atoms with van der Waals surface area (Å²) in [5.74, 6) is -0.883. The molecule has 0 N–H and O–H groups in total. The molecule has 22 heavy (non-hydrogen) atoms. The van der Waals surface area contributed by atoms with Crippen molar-refractivity contribution < 1.29 is 23.5 Å². The lowest BCUT2D eigenvalue weighted by molar-refractivity contribution is -0.140. The molecule has 2 atom stereocenters. The Morgan fingerprint density at radius 1 is 1.27 bits per heavy atom. The number of imide groups is 1. The van der Waals surface area contributed by atoms with E-state index in [2.05, 4.69) is 4.74 Å². The molecule has 3 rings (SSSR count). The number of rotatable bonds is 3. The second-order valence-electron chi connectivity index (χ2n) is 5.63. The van der Waals surface area contributed by atoms with E-state index >= 15 is 0 Å². The maximum Gasteiger partial charge on any atom is 0.374 e. The van der Waals surface area contributed by atoms with E-state index in [-0.39, 0.29) is 36.0 Å². The van der Waals surface area contributed by atoms with Crippen LogP contribution in [0.2, 0.25) is 0 Å². The zero-order valence-electron chi connectivity index (χ0n) is 12.5. The molecular weight excluding hydrogens is 286 g/mol. The Morgan fingerprint density at radius 3 is 2.41 bits per heavy atom. The van der Waals surface area contributed by atoms with E-state index in [0.717, 1.165) is 0 Å². The van der Waals surface area contributed by atoms with E-state index in [4.69, 9.17) is 4.42 Å². The largest absolute Gasteiger partial charge is 0.463 e. The highest BCUT2D eigenvalue weighted by Crippen LogP contribution is 2.36. The van der Waals surface area contributed by atoms with Crippen molar-refractivity contribution in [2.24, 2.45) is 11.8 Å². The van der Waals surface area contributed by atoms with Crippen LogP contribution in [0.1, 0.15) is 34.7 Å². The smallest absolute Gasteiger partial charge is 0.374 e. The maximum absolute atomic E-state index is 12.4. The van der Waals surface area contributed by atoms with E-state index in [1.807, 2.05) is 12.2 Å². The summed E-state index contributed by atoms with van der Waals surface area (Å²) in [5, 5.41) is 0. The molecule has 2 amide bonds. The zero-order valence-corrected chi connectivity index (χ0v) is 12.5. The number of nitrogens with zero attached hydrogens (tertiary/aromatic N) is 1. The van der Waals surface area contributed by atoms with Crippen LogP contribution < -0.4 is 0 Å². The quantitative estimate of drug-likeness (QED) is 0.483. The Bertz CT molecular complexity index is 646. The molecule has 116 valence electrons. The van der Waals surface area contributed by atoms with Gasteiger partial charge in [-0.05, 0) is 25.8 Å². The summed E-state index contributed by atoms with van der Waals surface area (Å²) in [7, 11) is 1.27. The number of amides is 2. The lowest BCUT2D eigenvalue weighted by Crippen LogP contribution is -2.30.